The van der Waals surface area contributed by atoms with Gasteiger partial charge in [0.15, 0.2) is 4.77 Å². The molecule has 3 nitrogen and oxygen atoms in total. The summed E-state index contributed by atoms with van der Waals surface area (Å²) >= 11 is 6.92. The highest BCUT2D eigenvalue weighted by atomic mass is 32.1. The Morgan fingerprint density at radius 1 is 1.37 bits per heavy atom. The van der Waals surface area contributed by atoms with Crippen molar-refractivity contribution in [2.75, 3.05) is 0 Å². The van der Waals surface area contributed by atoms with Gasteiger partial charge < -0.3 is 4.98 Å². The van der Waals surface area contributed by atoms with Gasteiger partial charge in [-0.2, -0.15) is 0 Å². The number of H-pyrrole nitrogens is 1. The fraction of sp³-hybridized carbons (Fsp3) is 0.571. The third kappa shape index (κ3) is 2.09. The first-order valence-electron chi connectivity index (χ1n) is 6.94. The normalized spacial score (nSPS) is 19.4. The van der Waals surface area contributed by atoms with Crippen molar-refractivity contribution in [3.05, 3.63) is 26.6 Å². The van der Waals surface area contributed by atoms with Gasteiger partial charge in [-0.25, -0.2) is 0 Å². The standard InChI is InChI=1S/C14H16N2OS2/c17-13-10-5-6-19-12(10)15-14(18)16(13)7-11(8-1-2-8)9-3-4-9/h5-6,8-9,11H,1-4,7H2,(H,15,18). The number of aromatic amines is 1. The second-order valence-electron chi connectivity index (χ2n) is 5.85. The number of nitrogens with zero attached hydrogens (tertiary/aromatic N) is 1. The summed E-state index contributed by atoms with van der Waals surface area (Å²) in [5.41, 5.74) is 0.0892. The van der Waals surface area contributed by atoms with E-state index in [2.05, 4.69) is 4.98 Å². The highest BCUT2D eigenvalue weighted by Gasteiger charge is 2.41. The molecule has 5 heteroatoms. The summed E-state index contributed by atoms with van der Waals surface area (Å²) in [7, 11) is 0. The number of hydrogen-bond acceptors (Lipinski definition) is 3. The van der Waals surface area contributed by atoms with Crippen molar-refractivity contribution in [2.45, 2.75) is 32.2 Å². The molecule has 100 valence electrons. The molecule has 0 aliphatic heterocycles. The first-order valence-corrected chi connectivity index (χ1v) is 8.23. The first kappa shape index (κ1) is 11.9. The van der Waals surface area contributed by atoms with Crippen LogP contribution in [0.2, 0.25) is 0 Å². The lowest BCUT2D eigenvalue weighted by Crippen LogP contribution is -2.27. The van der Waals surface area contributed by atoms with Gasteiger partial charge in [0.2, 0.25) is 0 Å². The Hall–Kier alpha value is -0.940. The minimum atomic E-state index is 0.0892. The lowest BCUT2D eigenvalue weighted by Gasteiger charge is -2.17. The largest absolute Gasteiger partial charge is 0.323 e. The van der Waals surface area contributed by atoms with Gasteiger partial charge in [-0.1, -0.05) is 0 Å². The van der Waals surface area contributed by atoms with Gasteiger partial charge in [0.25, 0.3) is 5.56 Å². The minimum absolute atomic E-state index is 0.0892. The predicted octanol–water partition coefficient (Wildman–Crippen LogP) is 3.56. The van der Waals surface area contributed by atoms with Crippen molar-refractivity contribution in [2.24, 2.45) is 17.8 Å². The summed E-state index contributed by atoms with van der Waals surface area (Å²) in [4.78, 5) is 16.6. The smallest absolute Gasteiger partial charge is 0.263 e. The quantitative estimate of drug-likeness (QED) is 0.875. The van der Waals surface area contributed by atoms with Crippen molar-refractivity contribution in [1.82, 2.24) is 9.55 Å². The number of thiophene rings is 1. The Balaban J connectivity index is 1.77. The van der Waals surface area contributed by atoms with E-state index in [1.807, 2.05) is 11.4 Å². The first-order chi connectivity index (χ1) is 9.24. The summed E-state index contributed by atoms with van der Waals surface area (Å²) in [6, 6.07) is 1.90. The summed E-state index contributed by atoms with van der Waals surface area (Å²) in [5.74, 6) is 2.35. The molecule has 0 bridgehead atoms. The third-order valence-electron chi connectivity index (χ3n) is 4.45. The summed E-state index contributed by atoms with van der Waals surface area (Å²) in [6.07, 6.45) is 5.36. The monoisotopic (exact) mass is 292 g/mol. The molecule has 0 spiro atoms. The van der Waals surface area contributed by atoms with E-state index < -0.39 is 0 Å². The number of hydrogen-bond donors (Lipinski definition) is 1. The number of nitrogens with one attached hydrogen (secondary N) is 1. The summed E-state index contributed by atoms with van der Waals surface area (Å²) < 4.78 is 2.39. The zero-order valence-electron chi connectivity index (χ0n) is 10.6. The average molecular weight is 292 g/mol. The fourth-order valence-corrected chi connectivity index (χ4v) is 4.19. The van der Waals surface area contributed by atoms with Crippen LogP contribution < -0.4 is 5.56 Å². The Morgan fingerprint density at radius 3 is 2.68 bits per heavy atom. The molecule has 0 saturated heterocycles. The maximum absolute atomic E-state index is 12.5. The molecule has 2 saturated carbocycles. The van der Waals surface area contributed by atoms with E-state index in [4.69, 9.17) is 12.2 Å². The van der Waals surface area contributed by atoms with E-state index in [0.717, 1.165) is 28.6 Å². The minimum Gasteiger partial charge on any atom is -0.323 e. The van der Waals surface area contributed by atoms with Crippen LogP contribution >= 0.6 is 23.6 Å². The second-order valence-corrected chi connectivity index (χ2v) is 7.15. The topological polar surface area (TPSA) is 37.8 Å². The van der Waals surface area contributed by atoms with Crippen LogP contribution in [0.5, 0.6) is 0 Å². The van der Waals surface area contributed by atoms with Gasteiger partial charge in [0, 0.05) is 6.54 Å². The van der Waals surface area contributed by atoms with Crippen molar-refractivity contribution >= 4 is 33.8 Å². The maximum atomic E-state index is 12.5. The van der Waals surface area contributed by atoms with Crippen molar-refractivity contribution in [1.29, 1.82) is 0 Å². The van der Waals surface area contributed by atoms with Crippen LogP contribution in [0.3, 0.4) is 0 Å². The van der Waals surface area contributed by atoms with Gasteiger partial charge in [0.1, 0.15) is 4.83 Å². The summed E-state index contributed by atoms with van der Waals surface area (Å²) in [5, 5.41) is 2.73. The molecule has 4 rings (SSSR count). The Labute approximate surface area is 120 Å². The molecule has 0 amide bonds. The van der Waals surface area contributed by atoms with E-state index in [9.17, 15) is 4.79 Å². The molecule has 2 fully saturated rings. The Kier molecular flexibility index (Phi) is 2.67. The van der Waals surface area contributed by atoms with Crippen LogP contribution in [0.1, 0.15) is 25.7 Å². The van der Waals surface area contributed by atoms with Gasteiger partial charge in [0.05, 0.1) is 5.39 Å². The van der Waals surface area contributed by atoms with Gasteiger partial charge in [-0.15, -0.1) is 11.3 Å². The maximum Gasteiger partial charge on any atom is 0.263 e. The van der Waals surface area contributed by atoms with Crippen LogP contribution in [0, 0.1) is 22.5 Å². The SMILES string of the molecule is O=c1c2ccsc2[nH]c(=S)n1CC(C1CC1)C1CC1. The van der Waals surface area contributed by atoms with Crippen molar-refractivity contribution < 1.29 is 0 Å². The van der Waals surface area contributed by atoms with E-state index in [-0.39, 0.29) is 5.56 Å². The molecular weight excluding hydrogens is 276 g/mol. The van der Waals surface area contributed by atoms with Crippen LogP contribution in [0.25, 0.3) is 10.2 Å². The van der Waals surface area contributed by atoms with E-state index in [1.54, 1.807) is 15.9 Å². The zero-order chi connectivity index (χ0) is 13.0. The van der Waals surface area contributed by atoms with Crippen LogP contribution in [-0.4, -0.2) is 9.55 Å². The van der Waals surface area contributed by atoms with E-state index >= 15 is 0 Å². The van der Waals surface area contributed by atoms with Gasteiger partial charge >= 0.3 is 0 Å². The van der Waals surface area contributed by atoms with Crippen LogP contribution in [-0.2, 0) is 6.54 Å². The fourth-order valence-electron chi connectivity index (χ4n) is 3.09. The molecular formula is C14H16N2OS2. The van der Waals surface area contributed by atoms with Crippen LogP contribution in [0.15, 0.2) is 16.2 Å². The molecule has 0 unspecified atom stereocenters. The van der Waals surface area contributed by atoms with Gasteiger partial charge in [-0.3, -0.25) is 9.36 Å². The van der Waals surface area contributed by atoms with E-state index in [1.165, 1.54) is 25.7 Å². The lowest BCUT2D eigenvalue weighted by atomic mass is 9.98. The van der Waals surface area contributed by atoms with Crippen molar-refractivity contribution in [3.8, 4) is 0 Å². The van der Waals surface area contributed by atoms with Crippen LogP contribution in [0.4, 0.5) is 0 Å². The Bertz CT molecular complexity index is 722. The summed E-state index contributed by atoms with van der Waals surface area (Å²) in [6.45, 7) is 0.815. The molecule has 2 heterocycles. The average Bonchev–Trinajstić information content (AvgIpc) is 3.29. The molecule has 1 N–H and O–H groups in total. The highest BCUT2D eigenvalue weighted by molar-refractivity contribution is 7.71. The lowest BCUT2D eigenvalue weighted by molar-refractivity contribution is 0.342. The molecule has 19 heavy (non-hydrogen) atoms. The number of rotatable bonds is 4. The molecule has 0 atom stereocenters. The molecule has 2 aliphatic carbocycles. The molecule has 0 aromatic carbocycles. The van der Waals surface area contributed by atoms with Crippen molar-refractivity contribution in [3.63, 3.8) is 0 Å². The predicted molar refractivity (Wildman–Crippen MR) is 80.2 cm³/mol. The highest BCUT2D eigenvalue weighted by Crippen LogP contribution is 2.49. The zero-order valence-corrected chi connectivity index (χ0v) is 12.2. The number of fused-ring (bicyclic) bond motifs is 1. The van der Waals surface area contributed by atoms with Gasteiger partial charge in [-0.05, 0) is 67.1 Å². The molecule has 2 aromatic rings. The molecule has 2 aliphatic rings. The Morgan fingerprint density at radius 2 is 2.05 bits per heavy atom. The third-order valence-corrected chi connectivity index (χ3v) is 5.61. The number of aromatic nitrogens is 2. The second kappa shape index (κ2) is 4.28. The molecule has 0 radical (unpaired) electrons. The van der Waals surface area contributed by atoms with E-state index in [0.29, 0.717) is 10.7 Å². The molecule has 2 aromatic heterocycles.